The summed E-state index contributed by atoms with van der Waals surface area (Å²) < 4.78 is 26.6. The van der Waals surface area contributed by atoms with Gasteiger partial charge in [-0.2, -0.15) is 0 Å². The second-order valence-corrected chi connectivity index (χ2v) is 3.25. The number of carboxylic acid groups (broad SMARTS) is 1. The minimum Gasteiger partial charge on any atom is -0.546 e. The molecule has 2 rings (SSSR count). The zero-order chi connectivity index (χ0) is 11.7. The van der Waals surface area contributed by atoms with Crippen molar-refractivity contribution in [2.45, 2.75) is 12.5 Å². The molecular formula is C10H6F2NNaO3. The Balaban J connectivity index is 0.00000144. The topological polar surface area (TPSA) is 61.7 Å². The van der Waals surface area contributed by atoms with Crippen molar-refractivity contribution in [2.24, 2.45) is 5.16 Å². The van der Waals surface area contributed by atoms with Crippen molar-refractivity contribution in [3.63, 3.8) is 0 Å². The molecule has 1 aliphatic heterocycles. The Morgan fingerprint density at radius 3 is 2.47 bits per heavy atom. The number of nitrogens with zero attached hydrogens (tertiary/aromatic N) is 1. The third-order valence-electron chi connectivity index (χ3n) is 2.18. The predicted octanol–water partition coefficient (Wildman–Crippen LogP) is -2.79. The molecule has 1 aromatic rings. The molecule has 1 unspecified atom stereocenters. The van der Waals surface area contributed by atoms with Gasteiger partial charge in [-0.3, -0.25) is 0 Å². The van der Waals surface area contributed by atoms with Crippen LogP contribution in [0.2, 0.25) is 0 Å². The predicted molar refractivity (Wildman–Crippen MR) is 47.4 cm³/mol. The number of hydrogen-bond acceptors (Lipinski definition) is 4. The maximum atomic E-state index is 13.3. The first-order valence-electron chi connectivity index (χ1n) is 4.47. The molecule has 0 saturated carbocycles. The molecule has 0 fully saturated rings. The van der Waals surface area contributed by atoms with Crippen molar-refractivity contribution in [3.8, 4) is 0 Å². The van der Waals surface area contributed by atoms with E-state index in [1.807, 2.05) is 0 Å². The largest absolute Gasteiger partial charge is 1.00 e. The summed E-state index contributed by atoms with van der Waals surface area (Å²) in [5.41, 5.74) is -0.420. The fourth-order valence-electron chi connectivity index (χ4n) is 1.42. The van der Waals surface area contributed by atoms with E-state index in [1.165, 1.54) is 6.07 Å². The zero-order valence-corrected chi connectivity index (χ0v) is 10.9. The van der Waals surface area contributed by atoms with E-state index >= 15 is 0 Å². The van der Waals surface area contributed by atoms with Crippen LogP contribution < -0.4 is 34.7 Å². The zero-order valence-electron chi connectivity index (χ0n) is 8.94. The van der Waals surface area contributed by atoms with Gasteiger partial charge in [0.25, 0.3) is 0 Å². The summed E-state index contributed by atoms with van der Waals surface area (Å²) in [6.45, 7) is 0. The number of rotatable bonds is 2. The van der Waals surface area contributed by atoms with E-state index < -0.39 is 23.7 Å². The van der Waals surface area contributed by atoms with Crippen molar-refractivity contribution in [2.75, 3.05) is 0 Å². The van der Waals surface area contributed by atoms with Crippen LogP contribution in [-0.2, 0) is 9.63 Å². The number of benzene rings is 1. The summed E-state index contributed by atoms with van der Waals surface area (Å²) in [7, 11) is 0. The van der Waals surface area contributed by atoms with Crippen molar-refractivity contribution >= 4 is 11.7 Å². The van der Waals surface area contributed by atoms with Gasteiger partial charge in [0, 0.05) is 6.42 Å². The molecule has 0 saturated heterocycles. The third-order valence-corrected chi connectivity index (χ3v) is 2.18. The molecule has 1 atom stereocenters. The molecular weight excluding hydrogens is 243 g/mol. The first kappa shape index (κ1) is 14.1. The van der Waals surface area contributed by atoms with E-state index in [2.05, 4.69) is 9.99 Å². The monoisotopic (exact) mass is 249 g/mol. The minimum absolute atomic E-state index is 0. The Morgan fingerprint density at radius 2 is 2.00 bits per heavy atom. The first-order chi connectivity index (χ1) is 7.59. The van der Waals surface area contributed by atoms with Crippen LogP contribution in [0, 0.1) is 11.6 Å². The van der Waals surface area contributed by atoms with E-state index in [9.17, 15) is 18.7 Å². The van der Waals surface area contributed by atoms with Crippen LogP contribution in [0.4, 0.5) is 8.78 Å². The van der Waals surface area contributed by atoms with Crippen LogP contribution in [0.25, 0.3) is 0 Å². The molecule has 4 nitrogen and oxygen atoms in total. The van der Waals surface area contributed by atoms with E-state index in [1.54, 1.807) is 0 Å². The normalized spacial score (nSPS) is 18.0. The standard InChI is InChI=1S/C10H7F2NO3.Na/c11-5-2-1-3-6(12)9(5)7-4-8(10(14)15)16-13-7;/h1-3,8H,4H2,(H,14,15);/q;+1/p-1. The van der Waals surface area contributed by atoms with E-state index in [-0.39, 0.29) is 47.3 Å². The van der Waals surface area contributed by atoms with Gasteiger partial charge in [0.1, 0.15) is 11.6 Å². The van der Waals surface area contributed by atoms with Crippen molar-refractivity contribution < 1.29 is 53.1 Å². The molecule has 0 aliphatic carbocycles. The van der Waals surface area contributed by atoms with E-state index in [0.29, 0.717) is 0 Å². The smallest absolute Gasteiger partial charge is 0.546 e. The van der Waals surface area contributed by atoms with E-state index in [0.717, 1.165) is 12.1 Å². The molecule has 1 heterocycles. The Kier molecular flexibility index (Phi) is 4.62. The summed E-state index contributed by atoms with van der Waals surface area (Å²) in [6.07, 6.45) is -1.49. The average molecular weight is 249 g/mol. The van der Waals surface area contributed by atoms with Gasteiger partial charge in [-0.15, -0.1) is 0 Å². The molecule has 0 aromatic heterocycles. The summed E-state index contributed by atoms with van der Waals surface area (Å²) in [4.78, 5) is 14.9. The average Bonchev–Trinajstić information content (AvgIpc) is 2.66. The van der Waals surface area contributed by atoms with Crippen LogP contribution >= 0.6 is 0 Å². The summed E-state index contributed by atoms with van der Waals surface area (Å²) in [5.74, 6) is -3.07. The first-order valence-corrected chi connectivity index (χ1v) is 4.47. The molecule has 0 N–H and O–H groups in total. The molecule has 0 amide bonds. The summed E-state index contributed by atoms with van der Waals surface area (Å²) >= 11 is 0. The quantitative estimate of drug-likeness (QED) is 0.532. The number of aliphatic carboxylic acids is 1. The second kappa shape index (κ2) is 5.57. The maximum absolute atomic E-state index is 13.3. The molecule has 7 heteroatoms. The molecule has 0 bridgehead atoms. The van der Waals surface area contributed by atoms with Crippen LogP contribution in [0.5, 0.6) is 0 Å². The van der Waals surface area contributed by atoms with Gasteiger partial charge in [0.05, 0.1) is 17.2 Å². The number of carbonyl (C=O) groups excluding carboxylic acids is 1. The molecule has 17 heavy (non-hydrogen) atoms. The Hall–Kier alpha value is -0.980. The molecule has 0 radical (unpaired) electrons. The van der Waals surface area contributed by atoms with Crippen LogP contribution in [0.3, 0.4) is 0 Å². The minimum atomic E-state index is -1.46. The van der Waals surface area contributed by atoms with Gasteiger partial charge in [-0.05, 0) is 12.1 Å². The second-order valence-electron chi connectivity index (χ2n) is 3.25. The van der Waals surface area contributed by atoms with Crippen molar-refractivity contribution in [1.29, 1.82) is 0 Å². The van der Waals surface area contributed by atoms with E-state index in [4.69, 9.17) is 0 Å². The molecule has 0 spiro atoms. The van der Waals surface area contributed by atoms with Gasteiger partial charge in [0.2, 0.25) is 0 Å². The Labute approximate surface area is 118 Å². The van der Waals surface area contributed by atoms with Crippen LogP contribution in [-0.4, -0.2) is 17.8 Å². The van der Waals surface area contributed by atoms with Gasteiger partial charge in [0.15, 0.2) is 6.10 Å². The van der Waals surface area contributed by atoms with Gasteiger partial charge < -0.3 is 14.7 Å². The van der Waals surface area contributed by atoms with Gasteiger partial charge in [-0.1, -0.05) is 11.2 Å². The van der Waals surface area contributed by atoms with Crippen LogP contribution in [0.15, 0.2) is 23.4 Å². The summed E-state index contributed by atoms with van der Waals surface area (Å²) in [6, 6.07) is 3.33. The number of oxime groups is 1. The summed E-state index contributed by atoms with van der Waals surface area (Å²) in [5, 5.41) is 13.8. The third kappa shape index (κ3) is 2.83. The Morgan fingerprint density at radius 1 is 1.41 bits per heavy atom. The SMILES string of the molecule is O=C([O-])C1CC(c2c(F)cccc2F)=NO1.[Na+]. The number of hydrogen-bond donors (Lipinski definition) is 0. The van der Waals surface area contributed by atoms with Crippen molar-refractivity contribution in [1.82, 2.24) is 0 Å². The Bertz CT molecular complexity index is 458. The number of halogens is 2. The number of carboxylic acids is 1. The van der Waals surface area contributed by atoms with Crippen molar-refractivity contribution in [3.05, 3.63) is 35.4 Å². The fourth-order valence-corrected chi connectivity index (χ4v) is 1.42. The molecule has 1 aliphatic rings. The molecule has 84 valence electrons. The van der Waals surface area contributed by atoms with Gasteiger partial charge >= 0.3 is 29.6 Å². The fraction of sp³-hybridized carbons (Fsp3) is 0.200. The number of carbonyl (C=O) groups is 1. The maximum Gasteiger partial charge on any atom is 1.00 e. The molecule has 1 aromatic carbocycles. The van der Waals surface area contributed by atoms with Gasteiger partial charge in [-0.25, -0.2) is 8.78 Å². The van der Waals surface area contributed by atoms with Crippen LogP contribution in [0.1, 0.15) is 12.0 Å².